The summed E-state index contributed by atoms with van der Waals surface area (Å²) in [7, 11) is 0. The van der Waals surface area contributed by atoms with Crippen molar-refractivity contribution in [3.63, 3.8) is 0 Å². The van der Waals surface area contributed by atoms with E-state index in [-0.39, 0.29) is 12.0 Å². The smallest absolute Gasteiger partial charge is 0.255 e. The molecule has 2 aromatic carbocycles. The first-order valence-electron chi connectivity index (χ1n) is 8.00. The Morgan fingerprint density at radius 3 is 2.28 bits per heavy atom. The fourth-order valence-electron chi connectivity index (χ4n) is 2.27. The monoisotopic (exact) mass is 337 g/mol. The zero-order valence-corrected chi connectivity index (χ0v) is 14.3. The van der Waals surface area contributed by atoms with Crippen LogP contribution >= 0.6 is 0 Å². The molecule has 0 unspecified atom stereocenters. The molecule has 0 aliphatic carbocycles. The Morgan fingerprint density at radius 2 is 1.72 bits per heavy atom. The number of aromatic nitrogens is 2. The van der Waals surface area contributed by atoms with Crippen LogP contribution in [0.15, 0.2) is 52.9 Å². The third kappa shape index (κ3) is 4.23. The summed E-state index contributed by atoms with van der Waals surface area (Å²) in [5.74, 6) is 1.52. The number of amides is 1. The molecule has 0 saturated heterocycles. The topological polar surface area (TPSA) is 77.2 Å². The molecule has 3 rings (SSSR count). The van der Waals surface area contributed by atoms with Gasteiger partial charge in [-0.25, -0.2) is 0 Å². The van der Waals surface area contributed by atoms with Crippen molar-refractivity contribution < 1.29 is 13.9 Å². The predicted octanol–water partition coefficient (Wildman–Crippen LogP) is 4.08. The highest BCUT2D eigenvalue weighted by Crippen LogP contribution is 2.21. The number of rotatable bonds is 5. The van der Waals surface area contributed by atoms with Crippen LogP contribution in [0.3, 0.4) is 0 Å². The van der Waals surface area contributed by atoms with E-state index in [1.807, 2.05) is 26.0 Å². The van der Waals surface area contributed by atoms with Gasteiger partial charge in [-0.05, 0) is 62.4 Å². The lowest BCUT2D eigenvalue weighted by atomic mass is 10.1. The Hall–Kier alpha value is -3.15. The van der Waals surface area contributed by atoms with Gasteiger partial charge in [0.05, 0.1) is 6.10 Å². The van der Waals surface area contributed by atoms with Gasteiger partial charge in [-0.15, -0.1) is 10.2 Å². The SMILES string of the molecule is Cc1nnc(-c2ccc(NC(=O)c3ccc(OC(C)C)cc3)cc2)o1. The van der Waals surface area contributed by atoms with Crippen molar-refractivity contribution in [1.82, 2.24) is 10.2 Å². The Labute approximate surface area is 145 Å². The van der Waals surface area contributed by atoms with E-state index >= 15 is 0 Å². The van der Waals surface area contributed by atoms with Crippen molar-refractivity contribution in [2.75, 3.05) is 5.32 Å². The van der Waals surface area contributed by atoms with Crippen molar-refractivity contribution in [2.24, 2.45) is 0 Å². The largest absolute Gasteiger partial charge is 0.491 e. The number of hydrogen-bond donors (Lipinski definition) is 1. The first-order valence-corrected chi connectivity index (χ1v) is 8.00. The molecule has 6 nitrogen and oxygen atoms in total. The quantitative estimate of drug-likeness (QED) is 0.759. The molecule has 1 heterocycles. The average molecular weight is 337 g/mol. The van der Waals surface area contributed by atoms with Crippen LogP contribution in [0.25, 0.3) is 11.5 Å². The molecule has 0 saturated carbocycles. The fourth-order valence-corrected chi connectivity index (χ4v) is 2.27. The van der Waals surface area contributed by atoms with Crippen LogP contribution in [0.4, 0.5) is 5.69 Å². The summed E-state index contributed by atoms with van der Waals surface area (Å²) >= 11 is 0. The van der Waals surface area contributed by atoms with E-state index in [0.717, 1.165) is 11.3 Å². The zero-order chi connectivity index (χ0) is 17.8. The second-order valence-corrected chi connectivity index (χ2v) is 5.85. The number of carbonyl (C=O) groups is 1. The van der Waals surface area contributed by atoms with Gasteiger partial charge in [0, 0.05) is 23.7 Å². The summed E-state index contributed by atoms with van der Waals surface area (Å²) in [4.78, 5) is 12.3. The van der Waals surface area contributed by atoms with E-state index in [0.29, 0.717) is 23.0 Å². The van der Waals surface area contributed by atoms with Crippen LogP contribution < -0.4 is 10.1 Å². The van der Waals surface area contributed by atoms with Crippen molar-refractivity contribution in [1.29, 1.82) is 0 Å². The van der Waals surface area contributed by atoms with Gasteiger partial charge in [0.2, 0.25) is 11.8 Å². The van der Waals surface area contributed by atoms with E-state index in [1.165, 1.54) is 0 Å². The maximum atomic E-state index is 12.3. The normalized spacial score (nSPS) is 10.7. The summed E-state index contributed by atoms with van der Waals surface area (Å²) in [6.07, 6.45) is 0.0980. The lowest BCUT2D eigenvalue weighted by Crippen LogP contribution is -2.12. The van der Waals surface area contributed by atoms with Crippen molar-refractivity contribution in [3.05, 3.63) is 60.0 Å². The van der Waals surface area contributed by atoms with Crippen molar-refractivity contribution >= 4 is 11.6 Å². The lowest BCUT2D eigenvalue weighted by molar-refractivity contribution is 0.102. The molecule has 0 atom stereocenters. The van der Waals surface area contributed by atoms with Crippen LogP contribution in [0.5, 0.6) is 5.75 Å². The number of anilines is 1. The number of nitrogens with one attached hydrogen (secondary N) is 1. The standard InChI is InChI=1S/C19H19N3O3/c1-12(2)24-17-10-6-14(7-11-17)18(23)20-16-8-4-15(5-9-16)19-22-21-13(3)25-19/h4-12H,1-3H3,(H,20,23). The highest BCUT2D eigenvalue weighted by Gasteiger charge is 2.09. The van der Waals surface area contributed by atoms with Gasteiger partial charge in [0.25, 0.3) is 5.91 Å². The summed E-state index contributed by atoms with van der Waals surface area (Å²) in [6.45, 7) is 5.66. The number of ether oxygens (including phenoxy) is 1. The predicted molar refractivity (Wildman–Crippen MR) is 94.6 cm³/mol. The van der Waals surface area contributed by atoms with Crippen LogP contribution in [0.2, 0.25) is 0 Å². The lowest BCUT2D eigenvalue weighted by Gasteiger charge is -2.10. The van der Waals surface area contributed by atoms with Crippen LogP contribution in [0.1, 0.15) is 30.1 Å². The molecule has 0 bridgehead atoms. The molecule has 3 aromatic rings. The zero-order valence-electron chi connectivity index (χ0n) is 14.3. The number of nitrogens with zero attached hydrogens (tertiary/aromatic N) is 2. The van der Waals surface area contributed by atoms with E-state index < -0.39 is 0 Å². The molecular formula is C19H19N3O3. The molecule has 0 radical (unpaired) electrons. The second-order valence-electron chi connectivity index (χ2n) is 5.85. The van der Waals surface area contributed by atoms with Crippen molar-refractivity contribution in [2.45, 2.75) is 26.9 Å². The highest BCUT2D eigenvalue weighted by atomic mass is 16.5. The van der Waals surface area contributed by atoms with E-state index in [1.54, 1.807) is 43.3 Å². The molecule has 128 valence electrons. The van der Waals surface area contributed by atoms with E-state index in [4.69, 9.17) is 9.15 Å². The molecule has 1 N–H and O–H groups in total. The fraction of sp³-hybridized carbons (Fsp3) is 0.211. The molecule has 0 fully saturated rings. The van der Waals surface area contributed by atoms with Gasteiger partial charge in [-0.2, -0.15) is 0 Å². The minimum Gasteiger partial charge on any atom is -0.491 e. The average Bonchev–Trinajstić information content (AvgIpc) is 3.02. The minimum atomic E-state index is -0.183. The second kappa shape index (κ2) is 7.17. The molecule has 0 aliphatic rings. The molecule has 6 heteroatoms. The Bertz CT molecular complexity index is 852. The number of hydrogen-bond acceptors (Lipinski definition) is 5. The number of carbonyl (C=O) groups excluding carboxylic acids is 1. The Balaban J connectivity index is 1.66. The van der Waals surface area contributed by atoms with E-state index in [9.17, 15) is 4.79 Å². The minimum absolute atomic E-state index is 0.0980. The summed E-state index contributed by atoms with van der Waals surface area (Å²) in [5, 5.41) is 10.6. The molecule has 0 spiro atoms. The van der Waals surface area contributed by atoms with Gasteiger partial charge in [0.15, 0.2) is 0 Å². The van der Waals surface area contributed by atoms with Crippen LogP contribution in [0, 0.1) is 6.92 Å². The maximum Gasteiger partial charge on any atom is 0.255 e. The van der Waals surface area contributed by atoms with Gasteiger partial charge in [-0.1, -0.05) is 0 Å². The van der Waals surface area contributed by atoms with Crippen molar-refractivity contribution in [3.8, 4) is 17.2 Å². The first kappa shape index (κ1) is 16.7. The Morgan fingerprint density at radius 1 is 1.04 bits per heavy atom. The first-order chi connectivity index (χ1) is 12.0. The van der Waals surface area contributed by atoms with Gasteiger partial charge < -0.3 is 14.5 Å². The highest BCUT2D eigenvalue weighted by molar-refractivity contribution is 6.04. The molecule has 25 heavy (non-hydrogen) atoms. The third-order valence-corrected chi connectivity index (χ3v) is 3.40. The van der Waals surface area contributed by atoms with Gasteiger partial charge in [0.1, 0.15) is 5.75 Å². The molecule has 1 amide bonds. The van der Waals surface area contributed by atoms with E-state index in [2.05, 4.69) is 15.5 Å². The van der Waals surface area contributed by atoms with Gasteiger partial charge >= 0.3 is 0 Å². The molecular weight excluding hydrogens is 318 g/mol. The summed E-state index contributed by atoms with van der Waals surface area (Å²) < 4.78 is 10.9. The van der Waals surface area contributed by atoms with Gasteiger partial charge in [-0.3, -0.25) is 4.79 Å². The third-order valence-electron chi connectivity index (χ3n) is 3.40. The molecule has 1 aromatic heterocycles. The number of benzene rings is 2. The summed E-state index contributed by atoms with van der Waals surface area (Å²) in [5.41, 5.74) is 2.05. The Kier molecular flexibility index (Phi) is 4.79. The molecule has 0 aliphatic heterocycles. The van der Waals surface area contributed by atoms with Crippen LogP contribution in [-0.2, 0) is 0 Å². The summed E-state index contributed by atoms with van der Waals surface area (Å²) in [6, 6.07) is 14.3. The van der Waals surface area contributed by atoms with Crippen LogP contribution in [-0.4, -0.2) is 22.2 Å². The number of aryl methyl sites for hydroxylation is 1. The maximum absolute atomic E-state index is 12.3.